The van der Waals surface area contributed by atoms with Crippen LogP contribution in [-0.4, -0.2) is 29.0 Å². The number of aromatic amines is 1. The molecule has 3 rings (SSSR count). The molecule has 1 spiro atoms. The van der Waals surface area contributed by atoms with Crippen molar-refractivity contribution in [1.82, 2.24) is 9.97 Å². The maximum atomic E-state index is 5.72. The van der Waals surface area contributed by atoms with Gasteiger partial charge in [-0.15, -0.1) is 0 Å². The molecule has 2 fully saturated rings. The van der Waals surface area contributed by atoms with Crippen LogP contribution >= 0.6 is 0 Å². The minimum absolute atomic E-state index is 0.218. The number of ether oxygens (including phenoxy) is 2. The summed E-state index contributed by atoms with van der Waals surface area (Å²) >= 11 is 0. The maximum absolute atomic E-state index is 5.72. The van der Waals surface area contributed by atoms with Crippen molar-refractivity contribution >= 4 is 0 Å². The fourth-order valence-electron chi connectivity index (χ4n) is 2.81. The molecule has 1 aliphatic carbocycles. The van der Waals surface area contributed by atoms with Gasteiger partial charge in [0.1, 0.15) is 0 Å². The Hall–Kier alpha value is -0.870. The maximum Gasteiger partial charge on any atom is 0.168 e. The van der Waals surface area contributed by atoms with Crippen LogP contribution in [-0.2, 0) is 15.9 Å². The molecular weight excluding hydrogens is 204 g/mol. The molecule has 2 heterocycles. The zero-order valence-electron chi connectivity index (χ0n) is 9.45. The minimum atomic E-state index is -0.218. The van der Waals surface area contributed by atoms with Crippen LogP contribution in [0.4, 0.5) is 0 Å². The van der Waals surface area contributed by atoms with E-state index >= 15 is 0 Å². The van der Waals surface area contributed by atoms with Crippen molar-refractivity contribution in [2.45, 2.75) is 37.9 Å². The van der Waals surface area contributed by atoms with E-state index in [1.165, 1.54) is 18.5 Å². The molecule has 1 N–H and O–H groups in total. The van der Waals surface area contributed by atoms with Crippen molar-refractivity contribution < 1.29 is 9.47 Å². The van der Waals surface area contributed by atoms with Crippen molar-refractivity contribution in [3.05, 3.63) is 18.2 Å². The molecule has 0 bridgehead atoms. The Morgan fingerprint density at radius 2 is 2.06 bits per heavy atom. The van der Waals surface area contributed by atoms with E-state index in [1.807, 2.05) is 6.20 Å². The molecule has 0 radical (unpaired) electrons. The Morgan fingerprint density at radius 3 is 2.69 bits per heavy atom. The van der Waals surface area contributed by atoms with Crippen LogP contribution in [0.2, 0.25) is 0 Å². The number of H-pyrrole nitrogens is 1. The van der Waals surface area contributed by atoms with Crippen LogP contribution in [0, 0.1) is 5.92 Å². The van der Waals surface area contributed by atoms with Crippen LogP contribution in [0.25, 0.3) is 0 Å². The van der Waals surface area contributed by atoms with Gasteiger partial charge in [0, 0.05) is 24.7 Å². The van der Waals surface area contributed by atoms with Gasteiger partial charge in [0.25, 0.3) is 0 Å². The quantitative estimate of drug-likeness (QED) is 0.831. The van der Waals surface area contributed by atoms with Crippen LogP contribution in [0.5, 0.6) is 0 Å². The first-order valence-electron chi connectivity index (χ1n) is 6.11. The van der Waals surface area contributed by atoms with Crippen LogP contribution in [0.3, 0.4) is 0 Å². The number of rotatable bonds is 2. The third-order valence-electron chi connectivity index (χ3n) is 3.74. The molecule has 88 valence electrons. The third kappa shape index (κ3) is 1.99. The molecule has 1 aromatic heterocycles. The molecule has 0 unspecified atom stereocenters. The van der Waals surface area contributed by atoms with Crippen molar-refractivity contribution in [2.24, 2.45) is 5.92 Å². The first-order chi connectivity index (χ1) is 7.86. The average Bonchev–Trinajstić information content (AvgIpc) is 2.94. The van der Waals surface area contributed by atoms with E-state index in [9.17, 15) is 0 Å². The van der Waals surface area contributed by atoms with Crippen LogP contribution in [0.15, 0.2) is 12.5 Å². The van der Waals surface area contributed by atoms with E-state index in [1.54, 1.807) is 6.33 Å². The summed E-state index contributed by atoms with van der Waals surface area (Å²) in [5, 5.41) is 0. The topological polar surface area (TPSA) is 47.1 Å². The first-order valence-corrected chi connectivity index (χ1v) is 6.11. The lowest BCUT2D eigenvalue weighted by Gasteiger charge is -2.35. The molecule has 4 heteroatoms. The zero-order valence-corrected chi connectivity index (χ0v) is 9.45. The summed E-state index contributed by atoms with van der Waals surface area (Å²) in [5.74, 6) is 0.531. The number of hydrogen-bond acceptors (Lipinski definition) is 3. The summed E-state index contributed by atoms with van der Waals surface area (Å²) in [6.45, 7) is 1.54. The minimum Gasteiger partial charge on any atom is -0.348 e. The fourth-order valence-corrected chi connectivity index (χ4v) is 2.81. The van der Waals surface area contributed by atoms with Gasteiger partial charge in [-0.2, -0.15) is 0 Å². The van der Waals surface area contributed by atoms with E-state index in [-0.39, 0.29) is 5.79 Å². The van der Waals surface area contributed by atoms with Gasteiger partial charge in [0.15, 0.2) is 5.79 Å². The van der Waals surface area contributed by atoms with Gasteiger partial charge in [0.2, 0.25) is 0 Å². The number of hydrogen-bond donors (Lipinski definition) is 1. The highest BCUT2D eigenvalue weighted by molar-refractivity contribution is 4.97. The molecule has 1 aliphatic heterocycles. The lowest BCUT2D eigenvalue weighted by molar-refractivity contribution is -0.182. The number of aromatic nitrogens is 2. The van der Waals surface area contributed by atoms with Crippen LogP contribution < -0.4 is 0 Å². The largest absolute Gasteiger partial charge is 0.348 e. The molecule has 0 atom stereocenters. The first kappa shape index (κ1) is 10.3. The SMILES string of the molecule is c1ncc(CC2CCC3(CC2)OCCO3)[nH]1. The van der Waals surface area contributed by atoms with Gasteiger partial charge in [-0.3, -0.25) is 0 Å². The van der Waals surface area contributed by atoms with Crippen LogP contribution in [0.1, 0.15) is 31.4 Å². The van der Waals surface area contributed by atoms with Gasteiger partial charge in [-0.25, -0.2) is 4.98 Å². The molecule has 4 nitrogen and oxygen atoms in total. The Morgan fingerprint density at radius 1 is 1.31 bits per heavy atom. The van der Waals surface area contributed by atoms with Gasteiger partial charge < -0.3 is 14.5 Å². The van der Waals surface area contributed by atoms with E-state index in [2.05, 4.69) is 9.97 Å². The van der Waals surface area contributed by atoms with Crippen molar-refractivity contribution in [2.75, 3.05) is 13.2 Å². The standard InChI is InChI=1S/C12H18N2O2/c1-3-12(15-5-6-16-12)4-2-10(1)7-11-8-13-9-14-11/h8-10H,1-7H2,(H,13,14). The molecule has 16 heavy (non-hydrogen) atoms. The third-order valence-corrected chi connectivity index (χ3v) is 3.74. The molecular formula is C12H18N2O2. The van der Waals surface area contributed by atoms with Crippen molar-refractivity contribution in [3.8, 4) is 0 Å². The molecule has 1 saturated heterocycles. The number of imidazole rings is 1. The smallest absolute Gasteiger partial charge is 0.168 e. The normalized spacial score (nSPS) is 25.2. The monoisotopic (exact) mass is 222 g/mol. The fraction of sp³-hybridized carbons (Fsp3) is 0.750. The van der Waals surface area contributed by atoms with Gasteiger partial charge in [-0.1, -0.05) is 0 Å². The zero-order chi connectivity index (χ0) is 10.8. The number of nitrogens with zero attached hydrogens (tertiary/aromatic N) is 1. The number of nitrogens with one attached hydrogen (secondary N) is 1. The summed E-state index contributed by atoms with van der Waals surface area (Å²) in [5.41, 5.74) is 1.24. The highest BCUT2D eigenvalue weighted by atomic mass is 16.7. The molecule has 0 aromatic carbocycles. The van der Waals surface area contributed by atoms with E-state index in [0.717, 1.165) is 38.4 Å². The summed E-state index contributed by atoms with van der Waals surface area (Å²) in [4.78, 5) is 7.23. The summed E-state index contributed by atoms with van der Waals surface area (Å²) in [6, 6.07) is 0. The second kappa shape index (κ2) is 4.18. The van der Waals surface area contributed by atoms with E-state index in [0.29, 0.717) is 0 Å². The second-order valence-corrected chi connectivity index (χ2v) is 4.83. The average molecular weight is 222 g/mol. The molecule has 1 aromatic rings. The highest BCUT2D eigenvalue weighted by Crippen LogP contribution is 2.39. The summed E-state index contributed by atoms with van der Waals surface area (Å²) in [7, 11) is 0. The molecule has 1 saturated carbocycles. The van der Waals surface area contributed by atoms with Crippen molar-refractivity contribution in [3.63, 3.8) is 0 Å². The van der Waals surface area contributed by atoms with Gasteiger partial charge >= 0.3 is 0 Å². The van der Waals surface area contributed by atoms with Crippen molar-refractivity contribution in [1.29, 1.82) is 0 Å². The second-order valence-electron chi connectivity index (χ2n) is 4.83. The lowest BCUT2D eigenvalue weighted by Crippen LogP contribution is -2.35. The summed E-state index contributed by atoms with van der Waals surface area (Å²) < 4.78 is 11.4. The summed E-state index contributed by atoms with van der Waals surface area (Å²) in [6.07, 6.45) is 9.27. The lowest BCUT2D eigenvalue weighted by atomic mass is 9.83. The van der Waals surface area contributed by atoms with E-state index in [4.69, 9.17) is 9.47 Å². The van der Waals surface area contributed by atoms with Gasteiger partial charge in [-0.05, 0) is 25.2 Å². The Bertz CT molecular complexity index is 321. The molecule has 2 aliphatic rings. The van der Waals surface area contributed by atoms with E-state index < -0.39 is 0 Å². The Labute approximate surface area is 95.4 Å². The Balaban J connectivity index is 1.54. The highest BCUT2D eigenvalue weighted by Gasteiger charge is 2.40. The predicted octanol–water partition coefficient (Wildman–Crippen LogP) is 1.89. The molecule has 0 amide bonds. The predicted molar refractivity (Wildman–Crippen MR) is 58.9 cm³/mol. The van der Waals surface area contributed by atoms with Gasteiger partial charge in [0.05, 0.1) is 19.5 Å². The Kier molecular flexibility index (Phi) is 2.69.